The van der Waals surface area contributed by atoms with Gasteiger partial charge in [-0.05, 0) is 0 Å². The molecule has 1 aliphatic carbocycles. The van der Waals surface area contributed by atoms with Gasteiger partial charge >= 0.3 is 11.9 Å². The average Bonchev–Trinajstić information content (AvgIpc) is 2.94. The van der Waals surface area contributed by atoms with Gasteiger partial charge in [0.15, 0.2) is 0 Å². The van der Waals surface area contributed by atoms with Crippen LogP contribution in [-0.2, 0) is 23.8 Å². The Morgan fingerprint density at radius 2 is 1.23 bits per heavy atom. The van der Waals surface area contributed by atoms with E-state index in [0.29, 0.717) is 0 Å². The predicted molar refractivity (Wildman–Crippen MR) is 35.4 cm³/mol. The molecule has 3 aliphatic heterocycles. The Morgan fingerprint density at radius 1 is 0.769 bits per heavy atom. The SMILES string of the molecule is O=C1OC(=O)[C@@H]2[C@@H]3O[C@@H]3[C@H]3O[C@H]3[C@@H]12. The van der Waals surface area contributed by atoms with Gasteiger partial charge in [-0.3, -0.25) is 9.59 Å². The molecular formula is C8H6O5. The number of rotatable bonds is 0. The third kappa shape index (κ3) is 0.595. The van der Waals surface area contributed by atoms with Crippen LogP contribution in [0.2, 0.25) is 0 Å². The molecule has 4 rings (SSSR count). The zero-order valence-electron chi connectivity index (χ0n) is 6.51. The first-order valence-corrected chi connectivity index (χ1v) is 4.34. The molecule has 0 bridgehead atoms. The molecule has 5 heteroatoms. The number of epoxide rings is 2. The van der Waals surface area contributed by atoms with Crippen molar-refractivity contribution in [1.82, 2.24) is 0 Å². The first-order chi connectivity index (χ1) is 6.27. The molecule has 0 aromatic rings. The zero-order chi connectivity index (χ0) is 8.74. The maximum absolute atomic E-state index is 11.2. The van der Waals surface area contributed by atoms with Crippen LogP contribution in [-0.4, -0.2) is 36.4 Å². The Hall–Kier alpha value is -0.940. The van der Waals surface area contributed by atoms with Crippen molar-refractivity contribution in [3.05, 3.63) is 0 Å². The number of ether oxygens (including phenoxy) is 3. The van der Waals surface area contributed by atoms with Crippen LogP contribution in [0.25, 0.3) is 0 Å². The summed E-state index contributed by atoms with van der Waals surface area (Å²) >= 11 is 0. The van der Waals surface area contributed by atoms with E-state index in [9.17, 15) is 9.59 Å². The molecule has 4 aliphatic rings. The van der Waals surface area contributed by atoms with Crippen LogP contribution in [0.3, 0.4) is 0 Å². The molecule has 3 saturated heterocycles. The number of hydrogen-bond acceptors (Lipinski definition) is 5. The standard InChI is InChI=1S/C8H6O5/c9-7-1-2(8(10)13-7)4-6(12-4)5-3(1)11-5/h1-6H/t1-,2-,3-,4-,5-,6-/m0/s1. The molecule has 68 valence electrons. The zero-order valence-corrected chi connectivity index (χ0v) is 6.51. The summed E-state index contributed by atoms with van der Waals surface area (Å²) in [7, 11) is 0. The maximum Gasteiger partial charge on any atom is 0.320 e. The van der Waals surface area contributed by atoms with Gasteiger partial charge in [-0.1, -0.05) is 0 Å². The molecular weight excluding hydrogens is 176 g/mol. The van der Waals surface area contributed by atoms with Gasteiger partial charge in [0.2, 0.25) is 0 Å². The fourth-order valence-electron chi connectivity index (χ4n) is 2.58. The Kier molecular flexibility index (Phi) is 0.825. The predicted octanol–water partition coefficient (Wildman–Crippen LogP) is -1.15. The number of carbonyl (C=O) groups excluding carboxylic acids is 2. The van der Waals surface area contributed by atoms with Crippen molar-refractivity contribution in [3.8, 4) is 0 Å². The van der Waals surface area contributed by atoms with E-state index in [4.69, 9.17) is 9.47 Å². The second-order valence-electron chi connectivity index (χ2n) is 3.92. The Bertz CT molecular complexity index is 305. The molecule has 6 atom stereocenters. The summed E-state index contributed by atoms with van der Waals surface area (Å²) in [5.41, 5.74) is 0. The van der Waals surface area contributed by atoms with Gasteiger partial charge in [0.25, 0.3) is 0 Å². The van der Waals surface area contributed by atoms with Gasteiger partial charge < -0.3 is 14.2 Å². The Labute approximate surface area is 72.9 Å². The molecule has 0 aromatic heterocycles. The molecule has 13 heavy (non-hydrogen) atoms. The minimum Gasteiger partial charge on any atom is -0.393 e. The quantitative estimate of drug-likeness (QED) is 0.269. The highest BCUT2D eigenvalue weighted by Crippen LogP contribution is 2.56. The van der Waals surface area contributed by atoms with Crippen molar-refractivity contribution in [2.75, 3.05) is 0 Å². The first-order valence-electron chi connectivity index (χ1n) is 4.34. The topological polar surface area (TPSA) is 68.4 Å². The smallest absolute Gasteiger partial charge is 0.320 e. The number of esters is 2. The maximum atomic E-state index is 11.2. The minimum atomic E-state index is -0.434. The van der Waals surface area contributed by atoms with Crippen LogP contribution in [0.5, 0.6) is 0 Å². The molecule has 0 N–H and O–H groups in total. The van der Waals surface area contributed by atoms with Crippen molar-refractivity contribution in [3.63, 3.8) is 0 Å². The van der Waals surface area contributed by atoms with Gasteiger partial charge in [-0.25, -0.2) is 0 Å². The summed E-state index contributed by atoms with van der Waals surface area (Å²) in [5, 5.41) is 0. The molecule has 0 unspecified atom stereocenters. The second kappa shape index (κ2) is 1.65. The van der Waals surface area contributed by atoms with E-state index in [-0.39, 0.29) is 36.3 Å². The highest BCUT2D eigenvalue weighted by Gasteiger charge is 2.75. The van der Waals surface area contributed by atoms with Gasteiger partial charge in [0, 0.05) is 0 Å². The summed E-state index contributed by atoms with van der Waals surface area (Å²) in [4.78, 5) is 22.5. The number of hydrogen-bond donors (Lipinski definition) is 0. The normalized spacial score (nSPS) is 60.6. The molecule has 3 heterocycles. The van der Waals surface area contributed by atoms with E-state index in [1.54, 1.807) is 0 Å². The van der Waals surface area contributed by atoms with Gasteiger partial charge in [0.1, 0.15) is 36.3 Å². The number of cyclic esters (lactones) is 2. The lowest BCUT2D eigenvalue weighted by Crippen LogP contribution is -2.34. The lowest BCUT2D eigenvalue weighted by molar-refractivity contribution is -0.154. The van der Waals surface area contributed by atoms with Crippen molar-refractivity contribution >= 4 is 11.9 Å². The monoisotopic (exact) mass is 182 g/mol. The lowest BCUT2D eigenvalue weighted by Gasteiger charge is -2.10. The fraction of sp³-hybridized carbons (Fsp3) is 0.750. The summed E-state index contributed by atoms with van der Waals surface area (Å²) in [6, 6.07) is 0. The van der Waals surface area contributed by atoms with E-state index in [2.05, 4.69) is 4.74 Å². The first kappa shape index (κ1) is 6.50. The van der Waals surface area contributed by atoms with E-state index >= 15 is 0 Å². The summed E-state index contributed by atoms with van der Waals surface area (Å²) in [5.74, 6) is -1.64. The van der Waals surface area contributed by atoms with Gasteiger partial charge in [-0.15, -0.1) is 0 Å². The van der Waals surface area contributed by atoms with Gasteiger partial charge in [0.05, 0.1) is 0 Å². The van der Waals surface area contributed by atoms with Crippen LogP contribution < -0.4 is 0 Å². The fourth-order valence-corrected chi connectivity index (χ4v) is 2.58. The second-order valence-corrected chi connectivity index (χ2v) is 3.92. The highest BCUT2D eigenvalue weighted by molar-refractivity contribution is 5.98. The van der Waals surface area contributed by atoms with Crippen molar-refractivity contribution < 1.29 is 23.8 Å². The number of fused-ring (bicyclic) bond motifs is 6. The van der Waals surface area contributed by atoms with Crippen LogP contribution in [0.4, 0.5) is 0 Å². The molecule has 0 spiro atoms. The highest BCUT2D eigenvalue weighted by atomic mass is 16.7. The molecule has 4 fully saturated rings. The van der Waals surface area contributed by atoms with Crippen LogP contribution in [0.1, 0.15) is 0 Å². The van der Waals surface area contributed by atoms with Crippen LogP contribution >= 0.6 is 0 Å². The summed E-state index contributed by atoms with van der Waals surface area (Å²) in [6.07, 6.45) is -0.144. The van der Waals surface area contributed by atoms with Crippen LogP contribution in [0.15, 0.2) is 0 Å². The van der Waals surface area contributed by atoms with Crippen molar-refractivity contribution in [2.24, 2.45) is 11.8 Å². The minimum absolute atomic E-state index is 0.0460. The third-order valence-electron chi connectivity index (χ3n) is 3.29. The van der Waals surface area contributed by atoms with E-state index in [1.165, 1.54) is 0 Å². The molecule has 1 saturated carbocycles. The largest absolute Gasteiger partial charge is 0.393 e. The van der Waals surface area contributed by atoms with E-state index < -0.39 is 11.9 Å². The van der Waals surface area contributed by atoms with Gasteiger partial charge in [-0.2, -0.15) is 0 Å². The van der Waals surface area contributed by atoms with Crippen molar-refractivity contribution in [1.29, 1.82) is 0 Å². The van der Waals surface area contributed by atoms with E-state index in [1.807, 2.05) is 0 Å². The molecule has 0 amide bonds. The summed E-state index contributed by atoms with van der Waals surface area (Å²) < 4.78 is 15.1. The Morgan fingerprint density at radius 3 is 1.69 bits per heavy atom. The summed E-state index contributed by atoms with van der Waals surface area (Å²) in [6.45, 7) is 0. The van der Waals surface area contributed by atoms with Crippen molar-refractivity contribution in [2.45, 2.75) is 24.4 Å². The molecule has 5 nitrogen and oxygen atoms in total. The third-order valence-corrected chi connectivity index (χ3v) is 3.29. The average molecular weight is 182 g/mol. The van der Waals surface area contributed by atoms with Crippen LogP contribution in [0, 0.1) is 11.8 Å². The molecule has 0 radical (unpaired) electrons. The lowest BCUT2D eigenvalue weighted by atomic mass is 9.81. The number of carbonyl (C=O) groups is 2. The molecule has 0 aromatic carbocycles. The Balaban J connectivity index is 1.81. The van der Waals surface area contributed by atoms with E-state index in [0.717, 1.165) is 0 Å².